The number of rotatable bonds is 3. The predicted molar refractivity (Wildman–Crippen MR) is 80.2 cm³/mol. The molecule has 0 atom stereocenters. The summed E-state index contributed by atoms with van der Waals surface area (Å²) in [6.07, 6.45) is 4.11. The molecule has 0 radical (unpaired) electrons. The maximum Gasteiger partial charge on any atom is 0.238 e. The summed E-state index contributed by atoms with van der Waals surface area (Å²) < 4.78 is 22.5. The van der Waals surface area contributed by atoms with Crippen LogP contribution in [0.2, 0.25) is 0 Å². The van der Waals surface area contributed by atoms with Gasteiger partial charge >= 0.3 is 0 Å². The van der Waals surface area contributed by atoms with Crippen molar-refractivity contribution in [1.82, 2.24) is 9.97 Å². The molecule has 0 saturated heterocycles. The highest BCUT2D eigenvalue weighted by Gasteiger charge is 2.08. The molecule has 21 heavy (non-hydrogen) atoms. The van der Waals surface area contributed by atoms with E-state index in [-0.39, 0.29) is 4.90 Å². The van der Waals surface area contributed by atoms with Crippen molar-refractivity contribution in [1.29, 1.82) is 0 Å². The van der Waals surface area contributed by atoms with Crippen molar-refractivity contribution in [2.75, 3.05) is 0 Å². The fourth-order valence-electron chi connectivity index (χ4n) is 2.21. The number of hydrogen-bond donors (Lipinski definition) is 1. The summed E-state index contributed by atoms with van der Waals surface area (Å²) in [6.45, 7) is 0. The largest absolute Gasteiger partial charge is 0.238 e. The molecule has 5 nitrogen and oxygen atoms in total. The molecule has 6 heteroatoms. The number of benzene rings is 1. The molecule has 3 aromatic rings. The second-order valence-electron chi connectivity index (χ2n) is 4.71. The first-order valence-electron chi connectivity index (χ1n) is 6.34. The lowest BCUT2D eigenvalue weighted by molar-refractivity contribution is 0.598. The van der Waals surface area contributed by atoms with Crippen LogP contribution in [0.5, 0.6) is 0 Å². The average Bonchev–Trinajstić information content (AvgIpc) is 2.47. The quantitative estimate of drug-likeness (QED) is 0.800. The van der Waals surface area contributed by atoms with Crippen molar-refractivity contribution in [2.24, 2.45) is 5.14 Å². The van der Waals surface area contributed by atoms with Crippen molar-refractivity contribution in [3.8, 4) is 0 Å². The van der Waals surface area contributed by atoms with E-state index in [1.165, 1.54) is 12.1 Å². The summed E-state index contributed by atoms with van der Waals surface area (Å²) in [5, 5.41) is 6.09. The topological polar surface area (TPSA) is 85.9 Å². The maximum absolute atomic E-state index is 11.2. The van der Waals surface area contributed by atoms with Crippen LogP contribution in [-0.2, 0) is 16.4 Å². The zero-order valence-corrected chi connectivity index (χ0v) is 11.9. The zero-order valence-electron chi connectivity index (χ0n) is 11.1. The zero-order chi connectivity index (χ0) is 14.9. The van der Waals surface area contributed by atoms with Crippen LogP contribution < -0.4 is 5.14 Å². The molecule has 0 fully saturated rings. The Kier molecular flexibility index (Phi) is 3.40. The van der Waals surface area contributed by atoms with Gasteiger partial charge in [0.1, 0.15) is 0 Å². The third-order valence-electron chi connectivity index (χ3n) is 3.25. The first-order valence-corrected chi connectivity index (χ1v) is 7.89. The van der Waals surface area contributed by atoms with E-state index in [4.69, 9.17) is 5.14 Å². The molecule has 0 aliphatic rings. The summed E-state index contributed by atoms with van der Waals surface area (Å²) in [5.41, 5.74) is 2.80. The van der Waals surface area contributed by atoms with E-state index in [0.717, 1.165) is 16.5 Å². The number of nitrogens with zero attached hydrogens (tertiary/aromatic N) is 2. The molecular formula is C15H13N3O2S. The minimum Gasteiger partial charge on any atom is -0.237 e. The average molecular weight is 299 g/mol. The molecule has 0 bridgehead atoms. The third kappa shape index (κ3) is 2.91. The highest BCUT2D eigenvalue weighted by atomic mass is 32.2. The first kappa shape index (κ1) is 13.7. The molecule has 106 valence electrons. The number of fused-ring (bicyclic) bond motifs is 1. The number of hydrogen-bond acceptors (Lipinski definition) is 4. The molecule has 0 unspecified atom stereocenters. The lowest BCUT2D eigenvalue weighted by atomic mass is 10.0. The number of sulfonamides is 1. The minimum absolute atomic E-state index is 0.118. The summed E-state index contributed by atoms with van der Waals surface area (Å²) in [6, 6.07) is 12.4. The van der Waals surface area contributed by atoms with Crippen LogP contribution >= 0.6 is 0 Å². The van der Waals surface area contributed by atoms with Gasteiger partial charge in [-0.25, -0.2) is 23.5 Å². The van der Waals surface area contributed by atoms with Crippen LogP contribution in [-0.4, -0.2) is 18.4 Å². The fourth-order valence-corrected chi connectivity index (χ4v) is 2.72. The van der Waals surface area contributed by atoms with Crippen molar-refractivity contribution in [3.05, 3.63) is 66.0 Å². The Morgan fingerprint density at radius 2 is 1.67 bits per heavy atom. The molecule has 3 rings (SSSR count). The number of pyridine rings is 2. The number of primary sulfonamides is 1. The normalized spacial score (nSPS) is 11.7. The lowest BCUT2D eigenvalue weighted by Crippen LogP contribution is -2.11. The Hall–Kier alpha value is -2.31. The van der Waals surface area contributed by atoms with Crippen LogP contribution in [0.1, 0.15) is 11.1 Å². The van der Waals surface area contributed by atoms with Crippen LogP contribution in [0, 0.1) is 0 Å². The fraction of sp³-hybridized carbons (Fsp3) is 0.0667. The molecule has 0 spiro atoms. The van der Waals surface area contributed by atoms with E-state index < -0.39 is 10.0 Å². The van der Waals surface area contributed by atoms with E-state index in [9.17, 15) is 8.42 Å². The molecule has 1 aromatic carbocycles. The van der Waals surface area contributed by atoms with Crippen LogP contribution in [0.15, 0.2) is 59.8 Å². The van der Waals surface area contributed by atoms with Crippen molar-refractivity contribution >= 4 is 21.1 Å². The van der Waals surface area contributed by atoms with Crippen molar-refractivity contribution < 1.29 is 8.42 Å². The third-order valence-corrected chi connectivity index (χ3v) is 4.18. The van der Waals surface area contributed by atoms with E-state index in [1.807, 2.05) is 18.2 Å². The lowest BCUT2D eigenvalue weighted by Gasteiger charge is -2.06. The van der Waals surface area contributed by atoms with E-state index in [0.29, 0.717) is 12.1 Å². The smallest absolute Gasteiger partial charge is 0.237 e. The van der Waals surface area contributed by atoms with Gasteiger partial charge in [0.05, 0.1) is 4.90 Å². The van der Waals surface area contributed by atoms with Gasteiger partial charge in [0, 0.05) is 17.8 Å². The molecule has 0 saturated carbocycles. The number of nitrogens with two attached hydrogens (primary N) is 1. The monoisotopic (exact) mass is 299 g/mol. The van der Waals surface area contributed by atoms with Gasteiger partial charge in [-0.05, 0) is 47.9 Å². The second-order valence-corrected chi connectivity index (χ2v) is 6.27. The molecule has 2 aromatic heterocycles. The van der Waals surface area contributed by atoms with Crippen LogP contribution in [0.4, 0.5) is 0 Å². The van der Waals surface area contributed by atoms with Gasteiger partial charge in [0.2, 0.25) is 10.0 Å². The molecule has 0 aliphatic carbocycles. The Morgan fingerprint density at radius 3 is 2.38 bits per heavy atom. The van der Waals surface area contributed by atoms with Gasteiger partial charge in [-0.15, -0.1) is 0 Å². The summed E-state index contributed by atoms with van der Waals surface area (Å²) in [7, 11) is -3.65. The highest BCUT2D eigenvalue weighted by molar-refractivity contribution is 7.89. The maximum atomic E-state index is 11.2. The van der Waals surface area contributed by atoms with Crippen LogP contribution in [0.25, 0.3) is 11.0 Å². The van der Waals surface area contributed by atoms with Gasteiger partial charge in [-0.1, -0.05) is 12.1 Å². The van der Waals surface area contributed by atoms with Crippen molar-refractivity contribution in [3.63, 3.8) is 0 Å². The van der Waals surface area contributed by atoms with Gasteiger partial charge in [-0.2, -0.15) is 0 Å². The molecule has 2 heterocycles. The summed E-state index contributed by atoms with van der Waals surface area (Å²) >= 11 is 0. The van der Waals surface area contributed by atoms with Gasteiger partial charge in [-0.3, -0.25) is 0 Å². The minimum atomic E-state index is -3.65. The predicted octanol–water partition coefficient (Wildman–Crippen LogP) is 1.87. The Morgan fingerprint density at radius 1 is 0.952 bits per heavy atom. The van der Waals surface area contributed by atoms with Gasteiger partial charge in [0.25, 0.3) is 0 Å². The molecule has 0 aliphatic heterocycles. The number of aromatic nitrogens is 2. The van der Waals surface area contributed by atoms with Gasteiger partial charge < -0.3 is 0 Å². The standard InChI is InChI=1S/C15H13N3O2S/c16-21(19,20)13-5-3-11(4-6-13)10-12-7-9-18-15-14(12)2-1-8-17-15/h1-9H,10H2,(H2,16,19,20). The van der Waals surface area contributed by atoms with E-state index in [2.05, 4.69) is 9.97 Å². The van der Waals surface area contributed by atoms with Crippen molar-refractivity contribution in [2.45, 2.75) is 11.3 Å². The Bertz CT molecular complexity index is 885. The van der Waals surface area contributed by atoms with E-state index in [1.54, 1.807) is 24.5 Å². The summed E-state index contributed by atoms with van der Waals surface area (Å²) in [4.78, 5) is 8.56. The van der Waals surface area contributed by atoms with Crippen LogP contribution in [0.3, 0.4) is 0 Å². The first-order chi connectivity index (χ1) is 10.0. The second kappa shape index (κ2) is 5.23. The SMILES string of the molecule is NS(=O)(=O)c1ccc(Cc2ccnc3ncccc23)cc1. The Balaban J connectivity index is 1.96. The van der Waals surface area contributed by atoms with E-state index >= 15 is 0 Å². The molecular weight excluding hydrogens is 286 g/mol. The highest BCUT2D eigenvalue weighted by Crippen LogP contribution is 2.19. The Labute approximate surface area is 122 Å². The molecule has 0 amide bonds. The molecule has 2 N–H and O–H groups in total. The summed E-state index contributed by atoms with van der Waals surface area (Å²) in [5.74, 6) is 0. The van der Waals surface area contributed by atoms with Gasteiger partial charge in [0.15, 0.2) is 5.65 Å².